The molecule has 0 spiro atoms. The summed E-state index contributed by atoms with van der Waals surface area (Å²) in [5.74, 6) is 0.972. The molecule has 2 aromatic carbocycles. The molecule has 0 saturated carbocycles. The van der Waals surface area contributed by atoms with Gasteiger partial charge in [-0.25, -0.2) is 14.4 Å². The summed E-state index contributed by atoms with van der Waals surface area (Å²) >= 11 is 0. The fourth-order valence-electron chi connectivity index (χ4n) is 4.05. The van der Waals surface area contributed by atoms with E-state index in [1.165, 1.54) is 12.1 Å². The lowest BCUT2D eigenvalue weighted by Gasteiger charge is -2.36. The molecule has 1 fully saturated rings. The number of nitrogens with one attached hydrogen (secondary N) is 1. The number of halogens is 1. The van der Waals surface area contributed by atoms with E-state index in [1.807, 2.05) is 48.7 Å². The number of carbonyl (C=O) groups is 1. The summed E-state index contributed by atoms with van der Waals surface area (Å²) in [4.78, 5) is 26.5. The number of benzene rings is 2. The topological polar surface area (TPSA) is 61.4 Å². The summed E-state index contributed by atoms with van der Waals surface area (Å²) in [7, 11) is 0. The average Bonchev–Trinajstić information content (AvgIpc) is 2.85. The summed E-state index contributed by atoms with van der Waals surface area (Å²) < 4.78 is 14.0. The number of carbonyl (C=O) groups excluding carboxylic acids is 1. The van der Waals surface area contributed by atoms with Crippen molar-refractivity contribution in [1.29, 1.82) is 0 Å². The summed E-state index contributed by atoms with van der Waals surface area (Å²) in [5, 5.41) is 4.35. The minimum Gasteiger partial charge on any atom is -0.353 e. The van der Waals surface area contributed by atoms with Crippen molar-refractivity contribution in [2.24, 2.45) is 0 Å². The van der Waals surface area contributed by atoms with Crippen molar-refractivity contribution in [1.82, 2.24) is 9.97 Å². The Kier molecular flexibility index (Phi) is 5.37. The van der Waals surface area contributed by atoms with Crippen LogP contribution >= 0.6 is 0 Å². The Hall–Kier alpha value is -4.00. The number of fused-ring (bicyclic) bond motifs is 1. The zero-order chi connectivity index (χ0) is 21.9. The van der Waals surface area contributed by atoms with E-state index < -0.39 is 5.82 Å². The van der Waals surface area contributed by atoms with Crippen LogP contribution in [0.25, 0.3) is 10.8 Å². The first kappa shape index (κ1) is 19.9. The van der Waals surface area contributed by atoms with E-state index in [4.69, 9.17) is 0 Å². The molecule has 3 heterocycles. The van der Waals surface area contributed by atoms with Crippen LogP contribution in [0.1, 0.15) is 10.4 Å². The third kappa shape index (κ3) is 3.85. The second-order valence-electron chi connectivity index (χ2n) is 7.64. The first-order chi connectivity index (χ1) is 15.7. The van der Waals surface area contributed by atoms with Crippen molar-refractivity contribution < 1.29 is 9.18 Å². The second-order valence-corrected chi connectivity index (χ2v) is 7.64. The van der Waals surface area contributed by atoms with Crippen molar-refractivity contribution in [3.63, 3.8) is 0 Å². The highest BCUT2D eigenvalue weighted by molar-refractivity contribution is 6.14. The minimum atomic E-state index is -0.472. The van der Waals surface area contributed by atoms with Gasteiger partial charge >= 0.3 is 0 Å². The summed E-state index contributed by atoms with van der Waals surface area (Å²) in [6.45, 7) is 3.27. The molecule has 1 aliphatic rings. The van der Waals surface area contributed by atoms with Crippen LogP contribution in [0.3, 0.4) is 0 Å². The molecule has 0 aliphatic carbocycles. The number of hydrogen-bond donors (Lipinski definition) is 1. The van der Waals surface area contributed by atoms with Crippen LogP contribution in [0.15, 0.2) is 79.1 Å². The lowest BCUT2D eigenvalue weighted by molar-refractivity contribution is 0.102. The van der Waals surface area contributed by atoms with Gasteiger partial charge in [-0.05, 0) is 29.7 Å². The third-order valence-electron chi connectivity index (χ3n) is 5.69. The number of pyridine rings is 2. The van der Waals surface area contributed by atoms with Gasteiger partial charge in [0.2, 0.25) is 0 Å². The zero-order valence-electron chi connectivity index (χ0n) is 17.4. The maximum absolute atomic E-state index is 14.0. The molecule has 160 valence electrons. The molecule has 0 bridgehead atoms. The third-order valence-corrected chi connectivity index (χ3v) is 5.69. The van der Waals surface area contributed by atoms with E-state index >= 15 is 0 Å². The van der Waals surface area contributed by atoms with Crippen LogP contribution in [0.2, 0.25) is 0 Å². The largest absolute Gasteiger partial charge is 0.353 e. The summed E-state index contributed by atoms with van der Waals surface area (Å²) in [5.41, 5.74) is 0.566. The van der Waals surface area contributed by atoms with Gasteiger partial charge in [0.15, 0.2) is 0 Å². The molecule has 0 radical (unpaired) electrons. The van der Waals surface area contributed by atoms with Crippen molar-refractivity contribution in [3.05, 3.63) is 90.5 Å². The lowest BCUT2D eigenvalue weighted by Crippen LogP contribution is -2.47. The Morgan fingerprint density at radius 1 is 0.812 bits per heavy atom. The van der Waals surface area contributed by atoms with Crippen LogP contribution in [-0.4, -0.2) is 42.1 Å². The number of hydrogen-bond acceptors (Lipinski definition) is 5. The summed E-state index contributed by atoms with van der Waals surface area (Å²) in [6.07, 6.45) is 3.39. The predicted octanol–water partition coefficient (Wildman–Crippen LogP) is 4.35. The van der Waals surface area contributed by atoms with Crippen LogP contribution in [-0.2, 0) is 0 Å². The maximum Gasteiger partial charge on any atom is 0.257 e. The monoisotopic (exact) mass is 427 g/mol. The van der Waals surface area contributed by atoms with Crippen LogP contribution in [0, 0.1) is 5.82 Å². The number of rotatable bonds is 4. The highest BCUT2D eigenvalue weighted by atomic mass is 19.1. The van der Waals surface area contributed by atoms with E-state index in [0.717, 1.165) is 48.6 Å². The fourth-order valence-corrected chi connectivity index (χ4v) is 4.05. The molecule has 2 aromatic heterocycles. The average molecular weight is 427 g/mol. The number of para-hydroxylation sites is 1. The number of amides is 1. The maximum atomic E-state index is 14.0. The van der Waals surface area contributed by atoms with E-state index in [0.29, 0.717) is 5.56 Å². The van der Waals surface area contributed by atoms with Crippen molar-refractivity contribution in [3.8, 4) is 0 Å². The highest BCUT2D eigenvalue weighted by Crippen LogP contribution is 2.29. The van der Waals surface area contributed by atoms with Gasteiger partial charge in [-0.3, -0.25) is 4.79 Å². The fraction of sp³-hybridized carbons (Fsp3) is 0.160. The highest BCUT2D eigenvalue weighted by Gasteiger charge is 2.22. The Bertz CT molecular complexity index is 1260. The van der Waals surface area contributed by atoms with E-state index in [1.54, 1.807) is 18.3 Å². The lowest BCUT2D eigenvalue weighted by atomic mass is 10.1. The molecule has 1 aliphatic heterocycles. The number of anilines is 3. The molecular weight excluding hydrogens is 405 g/mol. The van der Waals surface area contributed by atoms with E-state index in [2.05, 4.69) is 25.1 Å². The van der Waals surface area contributed by atoms with E-state index in [-0.39, 0.29) is 11.6 Å². The molecule has 6 nitrogen and oxygen atoms in total. The SMILES string of the molecule is O=C(Nc1ccccc1F)c1cnc(N2CCN(c3ccccn3)CC2)c2ccccc12. The van der Waals surface area contributed by atoms with Gasteiger partial charge in [0.1, 0.15) is 17.5 Å². The Morgan fingerprint density at radius 2 is 1.50 bits per heavy atom. The standard InChI is InChI=1S/C25H22FN5O/c26-21-9-3-4-10-22(21)29-25(32)20-17-28-24(19-8-2-1-7-18(19)20)31-15-13-30(14-16-31)23-11-5-6-12-27-23/h1-12,17H,13-16H2,(H,29,32). The Morgan fingerprint density at radius 3 is 2.25 bits per heavy atom. The Balaban J connectivity index is 1.40. The Labute approximate surface area is 185 Å². The quantitative estimate of drug-likeness (QED) is 0.525. The van der Waals surface area contributed by atoms with Gasteiger partial charge in [-0.15, -0.1) is 0 Å². The van der Waals surface area contributed by atoms with Gasteiger partial charge in [-0.1, -0.05) is 42.5 Å². The molecule has 0 atom stereocenters. The van der Waals surface area contributed by atoms with Crippen LogP contribution in [0.5, 0.6) is 0 Å². The molecule has 1 saturated heterocycles. The van der Waals surface area contributed by atoms with Gasteiger partial charge in [0, 0.05) is 44.0 Å². The second kappa shape index (κ2) is 8.63. The molecule has 0 unspecified atom stereocenters. The molecular formula is C25H22FN5O. The first-order valence-corrected chi connectivity index (χ1v) is 10.6. The molecule has 7 heteroatoms. The zero-order valence-corrected chi connectivity index (χ0v) is 17.4. The van der Waals surface area contributed by atoms with Crippen molar-refractivity contribution in [2.75, 3.05) is 41.3 Å². The summed E-state index contributed by atoms with van der Waals surface area (Å²) in [6, 6.07) is 19.8. The molecule has 4 aromatic rings. The first-order valence-electron chi connectivity index (χ1n) is 10.6. The number of piperazine rings is 1. The molecule has 32 heavy (non-hydrogen) atoms. The molecule has 1 N–H and O–H groups in total. The number of nitrogens with zero attached hydrogens (tertiary/aromatic N) is 4. The van der Waals surface area contributed by atoms with Crippen LogP contribution in [0.4, 0.5) is 21.7 Å². The smallest absolute Gasteiger partial charge is 0.257 e. The normalized spacial score (nSPS) is 13.9. The van der Waals surface area contributed by atoms with Crippen molar-refractivity contribution >= 4 is 34.0 Å². The van der Waals surface area contributed by atoms with Gasteiger partial charge in [0.25, 0.3) is 5.91 Å². The van der Waals surface area contributed by atoms with Gasteiger partial charge in [-0.2, -0.15) is 0 Å². The minimum absolute atomic E-state index is 0.149. The molecule has 1 amide bonds. The van der Waals surface area contributed by atoms with Gasteiger partial charge in [0.05, 0.1) is 11.3 Å². The van der Waals surface area contributed by atoms with Crippen LogP contribution < -0.4 is 15.1 Å². The van der Waals surface area contributed by atoms with Crippen molar-refractivity contribution in [2.45, 2.75) is 0 Å². The predicted molar refractivity (Wildman–Crippen MR) is 125 cm³/mol. The van der Waals surface area contributed by atoms with Gasteiger partial charge < -0.3 is 15.1 Å². The van der Waals surface area contributed by atoms with E-state index in [9.17, 15) is 9.18 Å². The number of aromatic nitrogens is 2. The molecule has 5 rings (SSSR count).